The summed E-state index contributed by atoms with van der Waals surface area (Å²) in [5, 5.41) is 1.10. The number of esters is 3. The van der Waals surface area contributed by atoms with Crippen LogP contribution in [0, 0.1) is 24.2 Å². The lowest BCUT2D eigenvalue weighted by Crippen LogP contribution is -2.34. The minimum absolute atomic E-state index is 0.180. The summed E-state index contributed by atoms with van der Waals surface area (Å²) in [6.07, 6.45) is 16.6. The van der Waals surface area contributed by atoms with Gasteiger partial charge in [0.2, 0.25) is 0 Å². The predicted molar refractivity (Wildman–Crippen MR) is 231 cm³/mol. The van der Waals surface area contributed by atoms with Crippen LogP contribution in [0.2, 0.25) is 0 Å². The molecule has 7 nitrogen and oxygen atoms in total. The molecule has 4 saturated carbocycles. The van der Waals surface area contributed by atoms with Gasteiger partial charge in [0, 0.05) is 23.9 Å². The first-order valence-electron chi connectivity index (χ1n) is 21.4. The van der Waals surface area contributed by atoms with Crippen LogP contribution in [0.15, 0.2) is 133 Å². The first kappa shape index (κ1) is 40.7. The number of aromatic nitrogens is 1. The van der Waals surface area contributed by atoms with E-state index in [1.54, 1.807) is 35.6 Å². The number of aryl methyl sites for hydroxylation is 1. The number of benzene rings is 3. The zero-order valence-electron chi connectivity index (χ0n) is 34.3. The molecule has 6 atom stereocenters. The molecule has 306 valence electrons. The van der Waals surface area contributed by atoms with Gasteiger partial charge in [-0.05, 0) is 136 Å². The van der Waals surface area contributed by atoms with E-state index in [0.29, 0.717) is 41.4 Å². The van der Waals surface area contributed by atoms with Crippen molar-refractivity contribution < 1.29 is 28.6 Å². The average molecular weight is 810 g/mol. The molecule has 8 heteroatoms. The molecular weight excluding hydrogens is 755 g/mol. The van der Waals surface area contributed by atoms with E-state index in [9.17, 15) is 14.4 Å². The van der Waals surface area contributed by atoms with Crippen molar-refractivity contribution in [1.29, 1.82) is 0 Å². The summed E-state index contributed by atoms with van der Waals surface area (Å²) < 4.78 is 18.5. The third-order valence-electron chi connectivity index (χ3n) is 13.7. The maximum atomic E-state index is 13.4. The second-order valence-corrected chi connectivity index (χ2v) is 18.6. The summed E-state index contributed by atoms with van der Waals surface area (Å²) in [7, 11) is 0. The van der Waals surface area contributed by atoms with Gasteiger partial charge in [-0.25, -0.2) is 19.4 Å². The van der Waals surface area contributed by atoms with Crippen molar-refractivity contribution in [3.63, 3.8) is 0 Å². The van der Waals surface area contributed by atoms with Gasteiger partial charge in [-0.2, -0.15) is 0 Å². The standard InChI is InChI=1S/C51H55NO6S/c1-34-33-52-49(59-34)51(29-30-51)45(58-48(55)39-19-11-6-12-20-39)23-13-22-41-26-27-43-36(21-14-28-50(41,43)3)24-25-40-31-42(56-46(53)37-15-7-4-8-16-37)32-44(35(40)2)57-47(54)38-17-9-5-10-18-38/h4-12,15-20,24-25,33,41-45H,2,13-14,21-23,26-32H2,1,3H3/b36-24+,40-25-/t41?,42-,43?,44+,45?,50?/m1/s1. The zero-order valence-corrected chi connectivity index (χ0v) is 35.1. The maximum Gasteiger partial charge on any atom is 0.338 e. The number of carbonyl (C=O) groups excluding carboxylic acids is 3. The molecular formula is C51H55NO6S. The molecule has 4 aliphatic rings. The van der Waals surface area contributed by atoms with Gasteiger partial charge in [-0.15, -0.1) is 11.3 Å². The minimum Gasteiger partial charge on any atom is -0.458 e. The van der Waals surface area contributed by atoms with Crippen molar-refractivity contribution >= 4 is 29.2 Å². The topological polar surface area (TPSA) is 91.8 Å². The van der Waals surface area contributed by atoms with Gasteiger partial charge in [0.05, 0.1) is 22.1 Å². The second-order valence-electron chi connectivity index (χ2n) is 17.4. The molecule has 0 amide bonds. The number of hydrogen-bond acceptors (Lipinski definition) is 8. The Bertz CT molecular complexity index is 2210. The van der Waals surface area contributed by atoms with Crippen LogP contribution in [0.1, 0.15) is 125 Å². The SMILES string of the molecule is C=C1/C(=C\C=C2/CCCC3(C)C(CCCC(OC(=O)c4ccccc4)C4(c5ncc(C)s5)CC4)CCC23)C[C@@H](OC(=O)c2ccccc2)C[C@@H]1OC(=O)c1ccccc1. The van der Waals surface area contributed by atoms with Crippen LogP contribution >= 0.6 is 11.3 Å². The predicted octanol–water partition coefficient (Wildman–Crippen LogP) is 11.7. The molecule has 4 unspecified atom stereocenters. The molecule has 0 spiro atoms. The van der Waals surface area contributed by atoms with E-state index in [2.05, 4.69) is 32.6 Å². The smallest absolute Gasteiger partial charge is 0.338 e. The van der Waals surface area contributed by atoms with Gasteiger partial charge in [0.15, 0.2) is 0 Å². The van der Waals surface area contributed by atoms with Crippen molar-refractivity contribution in [1.82, 2.24) is 4.98 Å². The van der Waals surface area contributed by atoms with Gasteiger partial charge in [0.1, 0.15) is 23.3 Å². The summed E-state index contributed by atoms with van der Waals surface area (Å²) in [6, 6.07) is 27.3. The van der Waals surface area contributed by atoms with Gasteiger partial charge >= 0.3 is 17.9 Å². The molecule has 1 aromatic heterocycles. The van der Waals surface area contributed by atoms with Gasteiger partial charge < -0.3 is 14.2 Å². The number of nitrogens with zero attached hydrogens (tertiary/aromatic N) is 1. The minimum atomic E-state index is -0.618. The maximum absolute atomic E-state index is 13.4. The number of fused-ring (bicyclic) bond motifs is 1. The number of thiazole rings is 1. The largest absolute Gasteiger partial charge is 0.458 e. The van der Waals surface area contributed by atoms with Crippen LogP contribution in [0.25, 0.3) is 0 Å². The molecule has 0 saturated heterocycles. The molecule has 3 aromatic carbocycles. The van der Waals surface area contributed by atoms with E-state index in [-0.39, 0.29) is 28.9 Å². The summed E-state index contributed by atoms with van der Waals surface area (Å²) in [6.45, 7) is 9.02. The summed E-state index contributed by atoms with van der Waals surface area (Å²) >= 11 is 1.74. The lowest BCUT2D eigenvalue weighted by atomic mass is 9.62. The van der Waals surface area contributed by atoms with Crippen molar-refractivity contribution in [3.05, 3.63) is 159 Å². The highest BCUT2D eigenvalue weighted by Crippen LogP contribution is 2.59. The molecule has 4 aliphatic carbocycles. The fourth-order valence-corrected chi connectivity index (χ4v) is 11.2. The van der Waals surface area contributed by atoms with Crippen LogP contribution in [0.4, 0.5) is 0 Å². The first-order chi connectivity index (χ1) is 28.6. The van der Waals surface area contributed by atoms with Crippen LogP contribution in [-0.4, -0.2) is 41.2 Å². The lowest BCUT2D eigenvalue weighted by molar-refractivity contribution is 0.00208. The van der Waals surface area contributed by atoms with E-state index < -0.39 is 18.2 Å². The normalized spacial score (nSPS) is 26.5. The van der Waals surface area contributed by atoms with Gasteiger partial charge in [0.25, 0.3) is 0 Å². The number of ether oxygens (including phenoxy) is 3. The number of allylic oxidation sites excluding steroid dienone is 3. The molecule has 0 aliphatic heterocycles. The molecule has 4 aromatic rings. The quantitative estimate of drug-likeness (QED) is 0.0981. The first-order valence-corrected chi connectivity index (χ1v) is 22.2. The van der Waals surface area contributed by atoms with Crippen molar-refractivity contribution in [3.8, 4) is 0 Å². The molecule has 0 N–H and O–H groups in total. The summed E-state index contributed by atoms with van der Waals surface area (Å²) in [4.78, 5) is 45.8. The zero-order chi connectivity index (χ0) is 41.0. The molecule has 59 heavy (non-hydrogen) atoms. The Morgan fingerprint density at radius 2 is 1.47 bits per heavy atom. The molecule has 4 fully saturated rings. The van der Waals surface area contributed by atoms with Crippen LogP contribution < -0.4 is 0 Å². The molecule has 0 bridgehead atoms. The second kappa shape index (κ2) is 17.6. The fourth-order valence-electron chi connectivity index (χ4n) is 10.2. The molecule has 8 rings (SSSR count). The Labute approximate surface area is 352 Å². The molecule has 1 heterocycles. The number of hydrogen-bond donors (Lipinski definition) is 0. The Kier molecular flexibility index (Phi) is 12.2. The van der Waals surface area contributed by atoms with Gasteiger partial charge in [-0.3, -0.25) is 0 Å². The van der Waals surface area contributed by atoms with Crippen LogP contribution in [0.5, 0.6) is 0 Å². The van der Waals surface area contributed by atoms with E-state index in [0.717, 1.165) is 67.5 Å². The molecule has 0 radical (unpaired) electrons. The number of carbonyl (C=O) groups is 3. The highest BCUT2D eigenvalue weighted by molar-refractivity contribution is 7.11. The monoisotopic (exact) mass is 809 g/mol. The van der Waals surface area contributed by atoms with E-state index in [1.165, 1.54) is 23.3 Å². The Morgan fingerprint density at radius 3 is 2.08 bits per heavy atom. The van der Waals surface area contributed by atoms with Crippen LogP contribution in [0.3, 0.4) is 0 Å². The highest BCUT2D eigenvalue weighted by atomic mass is 32.1. The van der Waals surface area contributed by atoms with Crippen molar-refractivity contribution in [2.75, 3.05) is 0 Å². The summed E-state index contributed by atoms with van der Waals surface area (Å²) in [5.74, 6) is 0.00483. The number of rotatable bonds is 13. The highest BCUT2D eigenvalue weighted by Gasteiger charge is 2.55. The van der Waals surface area contributed by atoms with Gasteiger partial charge in [-0.1, -0.05) is 85.8 Å². The van der Waals surface area contributed by atoms with Crippen LogP contribution in [-0.2, 0) is 19.6 Å². The van der Waals surface area contributed by atoms with E-state index in [1.807, 2.05) is 72.9 Å². The average Bonchev–Trinajstić information content (AvgIpc) is 3.83. The van der Waals surface area contributed by atoms with Crippen molar-refractivity contribution in [2.45, 2.75) is 115 Å². The Balaban J connectivity index is 0.964. The third-order valence-corrected chi connectivity index (χ3v) is 14.8. The van der Waals surface area contributed by atoms with E-state index in [4.69, 9.17) is 19.2 Å². The Hall–Kier alpha value is -5.08. The fraction of sp³-hybridized carbons (Fsp3) is 0.412. The Morgan fingerprint density at radius 1 is 0.847 bits per heavy atom. The third kappa shape index (κ3) is 8.94. The lowest BCUT2D eigenvalue weighted by Gasteiger charge is -2.42. The van der Waals surface area contributed by atoms with E-state index >= 15 is 0 Å². The van der Waals surface area contributed by atoms with Crippen molar-refractivity contribution in [2.24, 2.45) is 17.3 Å². The summed E-state index contributed by atoms with van der Waals surface area (Å²) in [5.41, 5.74) is 4.73.